The number of rotatable bonds is 6. The Kier molecular flexibility index (Phi) is 9.20. The second-order valence-electron chi connectivity index (χ2n) is 10.6. The van der Waals surface area contributed by atoms with Gasteiger partial charge in [-0.3, -0.25) is 14.8 Å². The molecule has 0 fully saturated rings. The molecule has 0 amide bonds. The van der Waals surface area contributed by atoms with Gasteiger partial charge in [-0.2, -0.15) is 0 Å². The van der Waals surface area contributed by atoms with Crippen molar-refractivity contribution in [2.24, 2.45) is 0 Å². The number of halogens is 2. The zero-order chi connectivity index (χ0) is 34.1. The number of hydrogen-bond donors (Lipinski definition) is 1. The van der Waals surface area contributed by atoms with Crippen LogP contribution in [0.1, 0.15) is 28.9 Å². The summed E-state index contributed by atoms with van der Waals surface area (Å²) < 4.78 is 74.8. The summed E-state index contributed by atoms with van der Waals surface area (Å²) in [5, 5.41) is 10.1. The maximum atomic E-state index is 13.5. The Labute approximate surface area is 268 Å². The van der Waals surface area contributed by atoms with E-state index in [0.717, 1.165) is 24.9 Å². The summed E-state index contributed by atoms with van der Waals surface area (Å²) in [4.78, 5) is 28.0. The lowest BCUT2D eigenvalue weighted by atomic mass is 10.0. The van der Waals surface area contributed by atoms with Crippen LogP contribution in [0.2, 0.25) is 0 Å². The fraction of sp³-hybridized carbons (Fsp3) is 0.121. The molecule has 10 nitrogen and oxygen atoms in total. The number of benzene rings is 2. The molecule has 14 heteroatoms. The number of aromatic nitrogens is 4. The Morgan fingerprint density at radius 2 is 1.13 bits per heavy atom. The molecule has 0 radical (unpaired) electrons. The van der Waals surface area contributed by atoms with Crippen LogP contribution >= 0.6 is 0 Å². The minimum absolute atomic E-state index is 0.0549. The lowest BCUT2D eigenvalue weighted by Gasteiger charge is -2.15. The van der Waals surface area contributed by atoms with Gasteiger partial charge in [0.25, 0.3) is 0 Å². The highest BCUT2D eigenvalue weighted by Crippen LogP contribution is 2.34. The monoisotopic (exact) mass is 676 g/mol. The molecule has 0 spiro atoms. The molecule has 0 aliphatic heterocycles. The number of pyridine rings is 4. The summed E-state index contributed by atoms with van der Waals surface area (Å²) in [5.74, 6) is -1.10. The van der Waals surface area contributed by atoms with E-state index in [4.69, 9.17) is 0 Å². The van der Waals surface area contributed by atoms with E-state index in [1.165, 1.54) is 30.3 Å². The van der Waals surface area contributed by atoms with E-state index in [9.17, 15) is 35.5 Å². The van der Waals surface area contributed by atoms with Gasteiger partial charge in [-0.25, -0.2) is 35.6 Å². The number of fused-ring (bicyclic) bond motifs is 2. The maximum Gasteiger partial charge on any atom is 0.176 e. The van der Waals surface area contributed by atoms with Crippen molar-refractivity contribution in [3.05, 3.63) is 108 Å². The Balaban J connectivity index is 0.000000185. The first-order valence-corrected chi connectivity index (χ1v) is 17.6. The Hall–Kier alpha value is -5.05. The van der Waals surface area contributed by atoms with Crippen LogP contribution < -0.4 is 0 Å². The van der Waals surface area contributed by atoms with Crippen molar-refractivity contribution in [3.63, 3.8) is 0 Å². The fourth-order valence-electron chi connectivity index (χ4n) is 4.89. The summed E-state index contributed by atoms with van der Waals surface area (Å²) in [6.07, 6.45) is 3.97. The van der Waals surface area contributed by atoms with E-state index in [1.807, 2.05) is 0 Å². The van der Waals surface area contributed by atoms with Gasteiger partial charge in [-0.05, 0) is 31.2 Å². The topological polar surface area (TPSA) is 157 Å². The SMILES string of the molecule is CC(O)c1cc2ncc(F)cc2nc1-c1ccccc1S(C)(=O)=O.CS(=O)(=O)c1ccccc1-c1nc2cc(F)cnc2cc1C=O. The van der Waals surface area contributed by atoms with E-state index < -0.39 is 37.4 Å². The van der Waals surface area contributed by atoms with E-state index in [2.05, 4.69) is 19.9 Å². The summed E-state index contributed by atoms with van der Waals surface area (Å²) in [6.45, 7) is 1.55. The van der Waals surface area contributed by atoms with Crippen LogP contribution in [-0.2, 0) is 19.7 Å². The van der Waals surface area contributed by atoms with Gasteiger partial charge in [0, 0.05) is 46.9 Å². The number of aliphatic hydroxyl groups is 1. The molecule has 240 valence electrons. The molecule has 0 bridgehead atoms. The second-order valence-corrected chi connectivity index (χ2v) is 14.5. The predicted octanol–water partition coefficient (Wildman–Crippen LogP) is 5.54. The van der Waals surface area contributed by atoms with Crippen LogP contribution in [0.5, 0.6) is 0 Å². The molecule has 4 aromatic heterocycles. The van der Waals surface area contributed by atoms with Crippen LogP contribution in [-0.4, -0.2) is 60.7 Å². The predicted molar refractivity (Wildman–Crippen MR) is 172 cm³/mol. The maximum absolute atomic E-state index is 13.5. The van der Waals surface area contributed by atoms with Gasteiger partial charge in [0.1, 0.15) is 11.6 Å². The molecule has 0 saturated heterocycles. The van der Waals surface area contributed by atoms with E-state index in [-0.39, 0.29) is 32.1 Å². The smallest absolute Gasteiger partial charge is 0.176 e. The molecule has 1 atom stereocenters. The third-order valence-corrected chi connectivity index (χ3v) is 9.29. The Morgan fingerprint density at radius 1 is 0.681 bits per heavy atom. The number of carbonyl (C=O) groups excluding carboxylic acids is 1. The zero-order valence-corrected chi connectivity index (χ0v) is 26.7. The number of nitrogens with zero attached hydrogens (tertiary/aromatic N) is 4. The van der Waals surface area contributed by atoms with Gasteiger partial charge in [0.05, 0.1) is 61.7 Å². The van der Waals surface area contributed by atoms with Gasteiger partial charge in [0.15, 0.2) is 26.0 Å². The molecule has 6 rings (SSSR count). The average Bonchev–Trinajstić information content (AvgIpc) is 3.03. The number of sulfone groups is 2. The molecule has 47 heavy (non-hydrogen) atoms. The number of aldehydes is 1. The zero-order valence-electron chi connectivity index (χ0n) is 25.1. The Bertz CT molecular complexity index is 2400. The first-order chi connectivity index (χ1) is 22.2. The molecule has 6 aromatic rings. The quantitative estimate of drug-likeness (QED) is 0.222. The largest absolute Gasteiger partial charge is 0.389 e. The molecule has 4 heterocycles. The summed E-state index contributed by atoms with van der Waals surface area (Å²) in [7, 11) is -7.01. The normalized spacial score (nSPS) is 12.4. The van der Waals surface area contributed by atoms with Crippen molar-refractivity contribution in [2.75, 3.05) is 12.5 Å². The molecule has 0 aliphatic rings. The summed E-state index contributed by atoms with van der Waals surface area (Å²) in [5.41, 5.74) is 3.07. The van der Waals surface area contributed by atoms with E-state index in [0.29, 0.717) is 39.7 Å². The van der Waals surface area contributed by atoms with Crippen molar-refractivity contribution in [3.8, 4) is 22.5 Å². The standard InChI is InChI=1S/C17H15FN2O3S.C16H11FN2O3S/c1-10(21)13-8-14-15(7-11(18)9-19-14)20-17(13)12-5-3-4-6-16(12)24(2,22)23;1-23(21,22)15-5-3-2-4-12(15)16-10(9-20)6-13-14(19-16)7-11(17)8-18-13/h3-10,21H,1-2H3;2-9H,1H3. The fourth-order valence-corrected chi connectivity index (χ4v) is 6.67. The van der Waals surface area contributed by atoms with Crippen molar-refractivity contribution >= 4 is 48.0 Å². The van der Waals surface area contributed by atoms with Gasteiger partial charge in [-0.15, -0.1) is 0 Å². The summed E-state index contributed by atoms with van der Waals surface area (Å²) >= 11 is 0. The molecule has 0 saturated carbocycles. The van der Waals surface area contributed by atoms with Crippen LogP contribution in [0.3, 0.4) is 0 Å². The number of aliphatic hydroxyl groups excluding tert-OH is 1. The first-order valence-electron chi connectivity index (χ1n) is 13.8. The van der Waals surface area contributed by atoms with Crippen LogP contribution in [0.4, 0.5) is 8.78 Å². The van der Waals surface area contributed by atoms with Crippen molar-refractivity contribution in [1.82, 2.24) is 19.9 Å². The Morgan fingerprint density at radius 3 is 1.60 bits per heavy atom. The molecule has 1 unspecified atom stereocenters. The number of hydrogen-bond acceptors (Lipinski definition) is 10. The van der Waals surface area contributed by atoms with Gasteiger partial charge in [-0.1, -0.05) is 36.4 Å². The molecule has 0 aliphatic carbocycles. The highest BCUT2D eigenvalue weighted by Gasteiger charge is 2.21. The van der Waals surface area contributed by atoms with E-state index in [1.54, 1.807) is 49.4 Å². The molecule has 2 aromatic carbocycles. The minimum Gasteiger partial charge on any atom is -0.389 e. The first kappa shape index (κ1) is 33.3. The highest BCUT2D eigenvalue weighted by atomic mass is 32.2. The van der Waals surface area contributed by atoms with Gasteiger partial charge < -0.3 is 5.11 Å². The third-order valence-electron chi connectivity index (χ3n) is 6.98. The van der Waals surface area contributed by atoms with Crippen LogP contribution in [0.15, 0.2) is 95.0 Å². The minimum atomic E-state index is -3.51. The lowest BCUT2D eigenvalue weighted by Crippen LogP contribution is -2.05. The summed E-state index contributed by atoms with van der Waals surface area (Å²) in [6, 6.07) is 18.1. The van der Waals surface area contributed by atoms with Crippen molar-refractivity contribution in [1.29, 1.82) is 0 Å². The second kappa shape index (κ2) is 13.0. The van der Waals surface area contributed by atoms with Gasteiger partial charge in [0.2, 0.25) is 0 Å². The van der Waals surface area contributed by atoms with E-state index >= 15 is 0 Å². The van der Waals surface area contributed by atoms with Crippen molar-refractivity contribution in [2.45, 2.75) is 22.8 Å². The highest BCUT2D eigenvalue weighted by molar-refractivity contribution is 7.91. The lowest BCUT2D eigenvalue weighted by molar-refractivity contribution is 0.112. The number of carbonyl (C=O) groups is 1. The van der Waals surface area contributed by atoms with Crippen molar-refractivity contribution < 1.29 is 35.5 Å². The third kappa shape index (κ3) is 7.19. The van der Waals surface area contributed by atoms with Crippen LogP contribution in [0.25, 0.3) is 44.6 Å². The average molecular weight is 677 g/mol. The van der Waals surface area contributed by atoms with Gasteiger partial charge >= 0.3 is 0 Å². The molecular weight excluding hydrogens is 651 g/mol. The molecule has 1 N–H and O–H groups in total. The molecular formula is C33H26F2N4O6S2. The van der Waals surface area contributed by atoms with Crippen LogP contribution in [0, 0.1) is 11.6 Å².